The maximum absolute atomic E-state index is 14.7. The minimum absolute atomic E-state index is 0.0446. The molecule has 0 aromatic heterocycles. The van der Waals surface area contributed by atoms with E-state index < -0.39 is 23.7 Å². The van der Waals surface area contributed by atoms with Crippen LogP contribution in [0.15, 0.2) is 47.7 Å². The predicted octanol–water partition coefficient (Wildman–Crippen LogP) is 4.12. The number of hydrazine groups is 1. The van der Waals surface area contributed by atoms with E-state index in [4.69, 9.17) is 22.3 Å². The second-order valence-corrected chi connectivity index (χ2v) is 6.91. The maximum Gasteiger partial charge on any atom is 0.365 e. The van der Waals surface area contributed by atoms with E-state index in [9.17, 15) is 14.0 Å². The molecule has 0 saturated carbocycles. The van der Waals surface area contributed by atoms with Gasteiger partial charge in [0, 0.05) is 16.1 Å². The molecule has 2 aromatic carbocycles. The number of benzene rings is 2. The molecule has 1 aliphatic rings. The van der Waals surface area contributed by atoms with Crippen LogP contribution in [0.4, 0.5) is 9.18 Å². The SMILES string of the molecule is CC1=C(C(=O)c2ccc(C)c(C)c2)C(c2c(F)cccc2Cl)N(C(=O)NN)O1. The van der Waals surface area contributed by atoms with E-state index in [0.717, 1.165) is 16.2 Å². The van der Waals surface area contributed by atoms with Gasteiger partial charge in [-0.3, -0.25) is 10.2 Å². The number of rotatable bonds is 3. The summed E-state index contributed by atoms with van der Waals surface area (Å²) in [7, 11) is 0. The van der Waals surface area contributed by atoms with Crippen molar-refractivity contribution in [1.82, 2.24) is 10.5 Å². The Balaban J connectivity index is 2.16. The van der Waals surface area contributed by atoms with Crippen LogP contribution in [0, 0.1) is 19.7 Å². The number of urea groups is 1. The summed E-state index contributed by atoms with van der Waals surface area (Å²) in [6, 6.07) is 7.32. The summed E-state index contributed by atoms with van der Waals surface area (Å²) >= 11 is 6.21. The number of halogens is 2. The number of ketones is 1. The molecule has 1 atom stereocenters. The second kappa shape index (κ2) is 7.61. The zero-order valence-electron chi connectivity index (χ0n) is 15.5. The van der Waals surface area contributed by atoms with E-state index >= 15 is 0 Å². The molecule has 1 aliphatic heterocycles. The van der Waals surface area contributed by atoms with Crippen LogP contribution in [0.25, 0.3) is 0 Å². The molecule has 0 fully saturated rings. The second-order valence-electron chi connectivity index (χ2n) is 6.50. The Morgan fingerprint density at radius 1 is 1.18 bits per heavy atom. The van der Waals surface area contributed by atoms with Crippen LogP contribution in [0.2, 0.25) is 5.02 Å². The molecule has 0 spiro atoms. The minimum atomic E-state index is -1.19. The number of carbonyl (C=O) groups is 2. The molecule has 0 aliphatic carbocycles. The van der Waals surface area contributed by atoms with Gasteiger partial charge in [-0.15, -0.1) is 5.06 Å². The van der Waals surface area contributed by atoms with Crippen molar-refractivity contribution in [2.45, 2.75) is 26.8 Å². The third-order valence-corrected chi connectivity index (χ3v) is 5.06. The highest BCUT2D eigenvalue weighted by molar-refractivity contribution is 6.31. The van der Waals surface area contributed by atoms with Crippen LogP contribution < -0.4 is 11.3 Å². The molecule has 8 heteroatoms. The van der Waals surface area contributed by atoms with Gasteiger partial charge in [0.25, 0.3) is 0 Å². The number of hydroxylamine groups is 2. The summed E-state index contributed by atoms with van der Waals surface area (Å²) in [6.45, 7) is 5.35. The summed E-state index contributed by atoms with van der Waals surface area (Å²) in [5, 5.41) is 0.872. The number of hydrogen-bond acceptors (Lipinski definition) is 4. The van der Waals surface area contributed by atoms with Crippen LogP contribution in [-0.4, -0.2) is 16.9 Å². The Bertz CT molecular complexity index is 986. The van der Waals surface area contributed by atoms with E-state index in [-0.39, 0.29) is 21.9 Å². The Morgan fingerprint density at radius 2 is 1.89 bits per heavy atom. The largest absolute Gasteiger partial charge is 0.379 e. The molecular weight excluding hydrogens is 385 g/mol. The Kier molecular flexibility index (Phi) is 5.40. The average Bonchev–Trinajstić information content (AvgIpc) is 2.99. The number of aryl methyl sites for hydroxylation is 2. The number of allylic oxidation sites excluding steroid dienone is 1. The van der Waals surface area contributed by atoms with Crippen molar-refractivity contribution >= 4 is 23.4 Å². The molecule has 1 heterocycles. The maximum atomic E-state index is 14.7. The van der Waals surface area contributed by atoms with Crippen LogP contribution in [-0.2, 0) is 4.84 Å². The van der Waals surface area contributed by atoms with Crippen molar-refractivity contribution in [1.29, 1.82) is 0 Å². The van der Waals surface area contributed by atoms with Gasteiger partial charge in [-0.05, 0) is 50.1 Å². The Morgan fingerprint density at radius 3 is 2.50 bits per heavy atom. The number of nitrogens with zero attached hydrogens (tertiary/aromatic N) is 1. The fourth-order valence-corrected chi connectivity index (χ4v) is 3.40. The molecule has 1 unspecified atom stereocenters. The van der Waals surface area contributed by atoms with Crippen LogP contribution >= 0.6 is 11.6 Å². The molecule has 0 bridgehead atoms. The molecular formula is C20H19ClFN3O3. The summed E-state index contributed by atoms with van der Waals surface area (Å²) in [5.74, 6) is 4.33. The monoisotopic (exact) mass is 403 g/mol. The van der Waals surface area contributed by atoms with Crippen molar-refractivity contribution < 1.29 is 18.8 Å². The average molecular weight is 404 g/mol. The van der Waals surface area contributed by atoms with Crippen molar-refractivity contribution in [3.8, 4) is 0 Å². The smallest absolute Gasteiger partial charge is 0.365 e. The van der Waals surface area contributed by atoms with Gasteiger partial charge < -0.3 is 4.84 Å². The Hall–Kier alpha value is -2.90. The van der Waals surface area contributed by atoms with E-state index in [0.29, 0.717) is 5.56 Å². The first-order valence-corrected chi connectivity index (χ1v) is 8.88. The van der Waals surface area contributed by atoms with Crippen molar-refractivity contribution in [3.63, 3.8) is 0 Å². The molecule has 0 saturated heterocycles. The molecule has 28 heavy (non-hydrogen) atoms. The fraction of sp³-hybridized carbons (Fsp3) is 0.200. The molecule has 2 aromatic rings. The quantitative estimate of drug-likeness (QED) is 0.349. The molecule has 3 N–H and O–H groups in total. The van der Waals surface area contributed by atoms with E-state index in [1.807, 2.05) is 25.3 Å². The number of nitrogens with two attached hydrogens (primary N) is 1. The highest BCUT2D eigenvalue weighted by atomic mass is 35.5. The van der Waals surface area contributed by atoms with Gasteiger partial charge in [-0.1, -0.05) is 29.8 Å². The standard InChI is InChI=1S/C20H19ClFN3O3/c1-10-7-8-13(9-11(10)2)19(26)16-12(3)28-25(20(27)24-23)18(16)17-14(21)5-4-6-15(17)22/h4-9,18H,23H2,1-3H3,(H,24,27). The van der Waals surface area contributed by atoms with Gasteiger partial charge in [0.1, 0.15) is 17.6 Å². The van der Waals surface area contributed by atoms with Crippen molar-refractivity contribution in [3.05, 3.63) is 80.8 Å². The van der Waals surface area contributed by atoms with Crippen molar-refractivity contribution in [2.24, 2.45) is 5.84 Å². The third-order valence-electron chi connectivity index (χ3n) is 4.73. The van der Waals surface area contributed by atoms with E-state index in [2.05, 4.69) is 0 Å². The van der Waals surface area contributed by atoms with Crippen LogP contribution in [0.1, 0.15) is 40.0 Å². The van der Waals surface area contributed by atoms with Crippen LogP contribution in [0.3, 0.4) is 0 Å². The summed E-state index contributed by atoms with van der Waals surface area (Å²) in [5.41, 5.74) is 4.36. The topological polar surface area (TPSA) is 84.7 Å². The first-order chi connectivity index (χ1) is 13.3. The lowest BCUT2D eigenvalue weighted by Crippen LogP contribution is -2.43. The van der Waals surface area contributed by atoms with Gasteiger partial charge in [-0.25, -0.2) is 15.0 Å². The van der Waals surface area contributed by atoms with Crippen LogP contribution in [0.5, 0.6) is 0 Å². The summed E-state index contributed by atoms with van der Waals surface area (Å²) < 4.78 is 14.7. The van der Waals surface area contributed by atoms with Gasteiger partial charge in [-0.2, -0.15) is 0 Å². The highest BCUT2D eigenvalue weighted by Crippen LogP contribution is 2.43. The zero-order valence-corrected chi connectivity index (χ0v) is 16.3. The first-order valence-electron chi connectivity index (χ1n) is 8.50. The number of carbonyl (C=O) groups excluding carboxylic acids is 2. The molecule has 3 rings (SSSR count). The summed E-state index contributed by atoms with van der Waals surface area (Å²) in [6.07, 6.45) is 0. The lowest BCUT2D eigenvalue weighted by molar-refractivity contribution is -0.0726. The zero-order chi connectivity index (χ0) is 20.6. The number of amides is 2. The molecule has 6 nitrogen and oxygen atoms in total. The van der Waals surface area contributed by atoms with E-state index in [1.54, 1.807) is 12.1 Å². The third kappa shape index (κ3) is 3.34. The fourth-order valence-electron chi connectivity index (χ4n) is 3.14. The lowest BCUT2D eigenvalue weighted by atomic mass is 9.90. The molecule has 146 valence electrons. The van der Waals surface area contributed by atoms with Gasteiger partial charge >= 0.3 is 6.03 Å². The number of Topliss-reactive ketones (excluding diaryl/α,β-unsaturated/α-hetero) is 1. The Labute approximate surface area is 166 Å². The normalized spacial score (nSPS) is 16.2. The molecule has 0 radical (unpaired) electrons. The van der Waals surface area contributed by atoms with E-state index in [1.165, 1.54) is 25.1 Å². The predicted molar refractivity (Wildman–Crippen MR) is 103 cm³/mol. The number of hydrogen-bond donors (Lipinski definition) is 2. The lowest BCUT2D eigenvalue weighted by Gasteiger charge is -2.25. The summed E-state index contributed by atoms with van der Waals surface area (Å²) in [4.78, 5) is 31.0. The highest BCUT2D eigenvalue weighted by Gasteiger charge is 2.43. The van der Waals surface area contributed by atoms with Gasteiger partial charge in [0.2, 0.25) is 0 Å². The van der Waals surface area contributed by atoms with Gasteiger partial charge in [0.15, 0.2) is 5.78 Å². The van der Waals surface area contributed by atoms with Crippen molar-refractivity contribution in [2.75, 3.05) is 0 Å². The molecule has 2 amide bonds. The minimum Gasteiger partial charge on any atom is -0.379 e. The first kappa shape index (κ1) is 19.9. The number of nitrogens with one attached hydrogen (secondary N) is 1. The van der Waals surface area contributed by atoms with Gasteiger partial charge in [0.05, 0.1) is 5.57 Å².